The third-order valence-corrected chi connectivity index (χ3v) is 3.13. The number of nitrogens with zero attached hydrogens (tertiary/aromatic N) is 2. The first-order valence-corrected chi connectivity index (χ1v) is 7.88. The summed E-state index contributed by atoms with van der Waals surface area (Å²) < 4.78 is 0. The lowest BCUT2D eigenvalue weighted by Gasteiger charge is -1.91. The van der Waals surface area contributed by atoms with Crippen molar-refractivity contribution in [1.29, 1.82) is 0 Å². The van der Waals surface area contributed by atoms with Crippen LogP contribution in [-0.4, -0.2) is 25.5 Å². The van der Waals surface area contributed by atoms with Gasteiger partial charge in [-0.1, -0.05) is 72.8 Å². The Hall–Kier alpha value is -2.74. The van der Waals surface area contributed by atoms with Gasteiger partial charge in [0, 0.05) is 25.5 Å². The molecule has 0 saturated heterocycles. The molecule has 0 bridgehead atoms. The van der Waals surface area contributed by atoms with Gasteiger partial charge in [0.25, 0.3) is 0 Å². The molecule has 0 aromatic heterocycles. The summed E-state index contributed by atoms with van der Waals surface area (Å²) in [4.78, 5) is 8.70. The molecule has 2 aromatic carbocycles. The van der Waals surface area contributed by atoms with Gasteiger partial charge in [-0.25, -0.2) is 0 Å². The van der Waals surface area contributed by atoms with E-state index >= 15 is 0 Å². The summed E-state index contributed by atoms with van der Waals surface area (Å²) in [6.07, 6.45) is 12.7. The van der Waals surface area contributed by atoms with Crippen LogP contribution in [0.2, 0.25) is 0 Å². The molecule has 2 nitrogen and oxygen atoms in total. The largest absolute Gasteiger partial charge is 0.293 e. The van der Waals surface area contributed by atoms with Crippen molar-refractivity contribution in [3.8, 4) is 0 Å². The van der Waals surface area contributed by atoms with Gasteiger partial charge in [0.15, 0.2) is 0 Å². The molecule has 116 valence electrons. The van der Waals surface area contributed by atoms with E-state index in [4.69, 9.17) is 0 Å². The molecule has 0 aliphatic carbocycles. The van der Waals surface area contributed by atoms with E-state index in [-0.39, 0.29) is 0 Å². The summed E-state index contributed by atoms with van der Waals surface area (Å²) in [5.41, 5.74) is 2.38. The van der Waals surface area contributed by atoms with E-state index < -0.39 is 0 Å². The Morgan fingerprint density at radius 2 is 1.04 bits per heavy atom. The van der Waals surface area contributed by atoms with Gasteiger partial charge in [0.1, 0.15) is 0 Å². The van der Waals surface area contributed by atoms with Crippen LogP contribution >= 0.6 is 0 Å². The van der Waals surface area contributed by atoms with Gasteiger partial charge >= 0.3 is 0 Å². The maximum absolute atomic E-state index is 4.35. The van der Waals surface area contributed by atoms with Gasteiger partial charge in [0.2, 0.25) is 0 Å². The zero-order valence-electron chi connectivity index (χ0n) is 13.3. The summed E-state index contributed by atoms with van der Waals surface area (Å²) in [5.74, 6) is 0. The average Bonchev–Trinajstić information content (AvgIpc) is 2.61. The van der Waals surface area contributed by atoms with Crippen LogP contribution in [0.5, 0.6) is 0 Å². The highest BCUT2D eigenvalue weighted by atomic mass is 14.7. The Labute approximate surface area is 138 Å². The molecule has 0 aliphatic heterocycles. The minimum absolute atomic E-state index is 0.804. The predicted octanol–water partition coefficient (Wildman–Crippen LogP) is 4.94. The fourth-order valence-electron chi connectivity index (χ4n) is 1.96. The summed E-state index contributed by atoms with van der Waals surface area (Å²) >= 11 is 0. The monoisotopic (exact) mass is 302 g/mol. The van der Waals surface area contributed by atoms with Crippen molar-refractivity contribution >= 4 is 24.6 Å². The zero-order valence-corrected chi connectivity index (χ0v) is 13.3. The molecule has 0 fully saturated rings. The molecule has 0 N–H and O–H groups in total. The van der Waals surface area contributed by atoms with E-state index in [1.807, 2.05) is 61.0 Å². The van der Waals surface area contributed by atoms with Crippen molar-refractivity contribution in [3.63, 3.8) is 0 Å². The highest BCUT2D eigenvalue weighted by Crippen LogP contribution is 2.00. The van der Waals surface area contributed by atoms with Gasteiger partial charge in [-0.05, 0) is 29.7 Å². The number of allylic oxidation sites excluding steroid dienone is 2. The van der Waals surface area contributed by atoms with Crippen LogP contribution in [0.4, 0.5) is 0 Å². The van der Waals surface area contributed by atoms with E-state index in [1.54, 1.807) is 0 Å². The van der Waals surface area contributed by atoms with Crippen LogP contribution in [0.25, 0.3) is 12.2 Å². The van der Waals surface area contributed by atoms with Crippen LogP contribution in [0, 0.1) is 0 Å². The van der Waals surface area contributed by atoms with Crippen LogP contribution in [0.15, 0.2) is 82.8 Å². The lowest BCUT2D eigenvalue weighted by Crippen LogP contribution is -1.86. The van der Waals surface area contributed by atoms with Crippen molar-refractivity contribution in [2.75, 3.05) is 13.1 Å². The quantitative estimate of drug-likeness (QED) is 0.487. The van der Waals surface area contributed by atoms with Crippen LogP contribution in [0.1, 0.15) is 17.5 Å². The van der Waals surface area contributed by atoms with Crippen molar-refractivity contribution < 1.29 is 0 Å². The number of hydrogen-bond donors (Lipinski definition) is 0. The standard InChI is InChI=1S/C21H22N2/c1-3-10-20(11-4-1)14-7-16-22-18-9-19-23-17-8-15-21-12-5-2-6-13-21/h1-8,10-17H,9,18-19H2. The van der Waals surface area contributed by atoms with Crippen LogP contribution < -0.4 is 0 Å². The Balaban J connectivity index is 1.57. The molecular formula is C21H22N2. The predicted molar refractivity (Wildman–Crippen MR) is 102 cm³/mol. The van der Waals surface area contributed by atoms with Crippen molar-refractivity contribution in [2.24, 2.45) is 9.98 Å². The minimum atomic E-state index is 0.804. The van der Waals surface area contributed by atoms with Gasteiger partial charge in [0.05, 0.1) is 0 Å². The van der Waals surface area contributed by atoms with E-state index in [9.17, 15) is 0 Å². The molecule has 0 aliphatic rings. The smallest absolute Gasteiger partial charge is 0.0406 e. The van der Waals surface area contributed by atoms with E-state index in [0.717, 1.165) is 19.5 Å². The molecular weight excluding hydrogens is 280 g/mol. The highest BCUT2D eigenvalue weighted by molar-refractivity contribution is 5.78. The first-order valence-electron chi connectivity index (χ1n) is 7.88. The Kier molecular flexibility index (Phi) is 7.89. The first kappa shape index (κ1) is 16.6. The first-order chi connectivity index (χ1) is 11.4. The Bertz CT molecular complexity index is 593. The lowest BCUT2D eigenvalue weighted by atomic mass is 10.2. The second-order valence-electron chi connectivity index (χ2n) is 5.00. The van der Waals surface area contributed by atoms with Gasteiger partial charge in [-0.3, -0.25) is 9.98 Å². The Morgan fingerprint density at radius 1 is 0.609 bits per heavy atom. The van der Waals surface area contributed by atoms with Crippen LogP contribution in [0.3, 0.4) is 0 Å². The molecule has 0 unspecified atom stereocenters. The van der Waals surface area contributed by atoms with E-state index in [0.29, 0.717) is 0 Å². The minimum Gasteiger partial charge on any atom is -0.293 e. The molecule has 0 saturated carbocycles. The normalized spacial score (nSPS) is 12.2. The molecule has 2 rings (SSSR count). The maximum Gasteiger partial charge on any atom is 0.0406 e. The number of hydrogen-bond acceptors (Lipinski definition) is 2. The molecule has 0 atom stereocenters. The molecule has 0 radical (unpaired) electrons. The zero-order chi connectivity index (χ0) is 16.0. The average molecular weight is 302 g/mol. The molecule has 0 amide bonds. The van der Waals surface area contributed by atoms with E-state index in [2.05, 4.69) is 46.4 Å². The van der Waals surface area contributed by atoms with E-state index in [1.165, 1.54) is 11.1 Å². The second kappa shape index (κ2) is 10.9. The third kappa shape index (κ3) is 7.72. The molecule has 2 aromatic rings. The van der Waals surface area contributed by atoms with Crippen molar-refractivity contribution in [2.45, 2.75) is 6.42 Å². The number of aliphatic imine (C=N–C) groups is 2. The van der Waals surface area contributed by atoms with Crippen molar-refractivity contribution in [3.05, 3.63) is 83.9 Å². The number of benzene rings is 2. The van der Waals surface area contributed by atoms with Gasteiger partial charge in [-0.15, -0.1) is 0 Å². The lowest BCUT2D eigenvalue weighted by molar-refractivity contribution is 0.851. The Morgan fingerprint density at radius 3 is 1.48 bits per heavy atom. The fourth-order valence-corrected chi connectivity index (χ4v) is 1.96. The SMILES string of the molecule is C(=Cc1ccccc1)C=NCCCN=CC=Cc1ccccc1. The van der Waals surface area contributed by atoms with Gasteiger partial charge < -0.3 is 0 Å². The van der Waals surface area contributed by atoms with Crippen molar-refractivity contribution in [1.82, 2.24) is 0 Å². The molecule has 23 heavy (non-hydrogen) atoms. The third-order valence-electron chi connectivity index (χ3n) is 3.13. The topological polar surface area (TPSA) is 24.7 Å². The van der Waals surface area contributed by atoms with Gasteiger partial charge in [-0.2, -0.15) is 0 Å². The fraction of sp³-hybridized carbons (Fsp3) is 0.143. The summed E-state index contributed by atoms with van der Waals surface area (Å²) in [6, 6.07) is 20.4. The maximum atomic E-state index is 4.35. The highest BCUT2D eigenvalue weighted by Gasteiger charge is 1.83. The second-order valence-corrected chi connectivity index (χ2v) is 5.00. The summed E-state index contributed by atoms with van der Waals surface area (Å²) in [7, 11) is 0. The summed E-state index contributed by atoms with van der Waals surface area (Å²) in [5, 5.41) is 0. The molecule has 0 spiro atoms. The number of rotatable bonds is 8. The van der Waals surface area contributed by atoms with Crippen LogP contribution in [-0.2, 0) is 0 Å². The molecule has 0 heterocycles. The summed E-state index contributed by atoms with van der Waals surface area (Å²) in [6.45, 7) is 1.61. The molecule has 2 heteroatoms.